The van der Waals surface area contributed by atoms with Gasteiger partial charge in [0.1, 0.15) is 17.9 Å². The van der Waals surface area contributed by atoms with E-state index in [1.165, 1.54) is 0 Å². The molecule has 2 amide bonds. The number of likely N-dealkylation sites (N-methyl/N-ethyl adjacent to an activating group) is 1. The van der Waals surface area contributed by atoms with Crippen LogP contribution in [0.15, 0.2) is 18.3 Å². The summed E-state index contributed by atoms with van der Waals surface area (Å²) in [5.41, 5.74) is 0.536. The fraction of sp³-hybridized carbons (Fsp3) is 0.556. The van der Waals surface area contributed by atoms with Gasteiger partial charge in [-0.15, -0.1) is 0 Å². The van der Waals surface area contributed by atoms with Crippen molar-refractivity contribution in [2.45, 2.75) is 32.7 Å². The molecular formula is C18H25N5O2. The van der Waals surface area contributed by atoms with E-state index in [0.29, 0.717) is 12.1 Å². The largest absolute Gasteiger partial charge is 0.357 e. The summed E-state index contributed by atoms with van der Waals surface area (Å²) >= 11 is 0. The minimum atomic E-state index is -0.504. The summed E-state index contributed by atoms with van der Waals surface area (Å²) in [5.74, 6) is 0.607. The second-order valence-electron chi connectivity index (χ2n) is 6.36. The highest BCUT2D eigenvalue weighted by Gasteiger charge is 2.28. The Bertz CT molecular complexity index is 644. The van der Waals surface area contributed by atoms with Crippen LogP contribution in [0, 0.1) is 17.2 Å². The summed E-state index contributed by atoms with van der Waals surface area (Å²) in [5, 5.41) is 11.7. The molecule has 7 heteroatoms. The molecule has 7 nitrogen and oxygen atoms in total. The molecule has 2 heterocycles. The van der Waals surface area contributed by atoms with E-state index in [1.54, 1.807) is 31.1 Å². The molecule has 0 aromatic carbocycles. The van der Waals surface area contributed by atoms with Crippen LogP contribution in [-0.2, 0) is 9.59 Å². The first-order valence-corrected chi connectivity index (χ1v) is 8.62. The van der Waals surface area contributed by atoms with Crippen LogP contribution in [-0.4, -0.2) is 54.4 Å². The summed E-state index contributed by atoms with van der Waals surface area (Å²) in [4.78, 5) is 32.5. The number of hydrogen-bond acceptors (Lipinski definition) is 5. The van der Waals surface area contributed by atoms with Crippen molar-refractivity contribution in [1.29, 1.82) is 5.26 Å². The van der Waals surface area contributed by atoms with Crippen LogP contribution in [0.5, 0.6) is 0 Å². The van der Waals surface area contributed by atoms with Crippen molar-refractivity contribution in [3.05, 3.63) is 23.9 Å². The topological polar surface area (TPSA) is 89.3 Å². The van der Waals surface area contributed by atoms with Crippen LogP contribution in [0.1, 0.15) is 32.3 Å². The van der Waals surface area contributed by atoms with E-state index in [-0.39, 0.29) is 17.7 Å². The summed E-state index contributed by atoms with van der Waals surface area (Å²) in [6.45, 7) is 5.71. The van der Waals surface area contributed by atoms with Gasteiger partial charge in [0.25, 0.3) is 0 Å². The maximum atomic E-state index is 12.4. The predicted molar refractivity (Wildman–Crippen MR) is 94.8 cm³/mol. The van der Waals surface area contributed by atoms with Crippen molar-refractivity contribution in [1.82, 2.24) is 15.2 Å². The molecule has 1 unspecified atom stereocenters. The van der Waals surface area contributed by atoms with Gasteiger partial charge >= 0.3 is 0 Å². The van der Waals surface area contributed by atoms with Crippen molar-refractivity contribution in [2.75, 3.05) is 31.6 Å². The first-order chi connectivity index (χ1) is 12.0. The molecule has 1 N–H and O–H groups in total. The van der Waals surface area contributed by atoms with Gasteiger partial charge in [0, 0.05) is 38.8 Å². The van der Waals surface area contributed by atoms with E-state index in [0.717, 1.165) is 31.7 Å². The van der Waals surface area contributed by atoms with Gasteiger partial charge < -0.3 is 15.1 Å². The lowest BCUT2D eigenvalue weighted by Gasteiger charge is -2.32. The van der Waals surface area contributed by atoms with Crippen LogP contribution in [0.4, 0.5) is 5.82 Å². The molecule has 2 rings (SSSR count). The molecular weight excluding hydrogens is 318 g/mol. The Balaban J connectivity index is 1.85. The molecule has 0 aliphatic carbocycles. The zero-order valence-electron chi connectivity index (χ0n) is 15.0. The molecule has 25 heavy (non-hydrogen) atoms. The third kappa shape index (κ3) is 4.69. The molecule has 134 valence electrons. The van der Waals surface area contributed by atoms with E-state index >= 15 is 0 Å². The lowest BCUT2D eigenvalue weighted by Crippen LogP contribution is -2.49. The number of aromatic nitrogens is 1. The Hall–Kier alpha value is -2.62. The number of rotatable bonds is 5. The number of nitrogens with one attached hydrogen (secondary N) is 1. The van der Waals surface area contributed by atoms with E-state index < -0.39 is 6.04 Å². The fourth-order valence-corrected chi connectivity index (χ4v) is 2.89. The van der Waals surface area contributed by atoms with Gasteiger partial charge in [0.15, 0.2) is 0 Å². The smallest absolute Gasteiger partial charge is 0.244 e. The Labute approximate surface area is 148 Å². The number of carbonyl (C=O) groups is 2. The second-order valence-corrected chi connectivity index (χ2v) is 6.36. The monoisotopic (exact) mass is 343 g/mol. The van der Waals surface area contributed by atoms with E-state index in [1.807, 2.05) is 13.0 Å². The van der Waals surface area contributed by atoms with Gasteiger partial charge in [-0.1, -0.05) is 0 Å². The Morgan fingerprint density at radius 3 is 2.64 bits per heavy atom. The standard InChI is InChI=1S/C18H25N5O2/c1-4-22(3)18(25)13(2)21-17(24)15-7-9-23(10-8-15)16-6-5-14(11-19)12-20-16/h5-6,12-13,15H,4,7-10H2,1-3H3,(H,21,24). The number of pyridine rings is 1. The first-order valence-electron chi connectivity index (χ1n) is 8.62. The molecule has 1 atom stereocenters. The van der Waals surface area contributed by atoms with Crippen molar-refractivity contribution in [3.63, 3.8) is 0 Å². The zero-order chi connectivity index (χ0) is 18.4. The van der Waals surface area contributed by atoms with Crippen molar-refractivity contribution in [3.8, 4) is 6.07 Å². The number of nitriles is 1. The molecule has 0 spiro atoms. The third-order valence-electron chi connectivity index (χ3n) is 4.65. The molecule has 1 fully saturated rings. The summed E-state index contributed by atoms with van der Waals surface area (Å²) in [7, 11) is 1.73. The Morgan fingerprint density at radius 1 is 1.44 bits per heavy atom. The first kappa shape index (κ1) is 18.7. The average Bonchev–Trinajstić information content (AvgIpc) is 2.66. The summed E-state index contributed by atoms with van der Waals surface area (Å²) < 4.78 is 0. The van der Waals surface area contributed by atoms with Gasteiger partial charge in [-0.3, -0.25) is 9.59 Å². The van der Waals surface area contributed by atoms with Crippen molar-refractivity contribution in [2.24, 2.45) is 5.92 Å². The molecule has 1 aliphatic heterocycles. The minimum absolute atomic E-state index is 0.0576. The highest BCUT2D eigenvalue weighted by molar-refractivity contribution is 5.88. The maximum absolute atomic E-state index is 12.4. The molecule has 0 saturated carbocycles. The molecule has 1 aromatic heterocycles. The Kier molecular flexibility index (Phi) is 6.34. The predicted octanol–water partition coefficient (Wildman–Crippen LogP) is 1.15. The van der Waals surface area contributed by atoms with Crippen molar-refractivity contribution < 1.29 is 9.59 Å². The average molecular weight is 343 g/mol. The van der Waals surface area contributed by atoms with Gasteiger partial charge in [0.2, 0.25) is 11.8 Å². The van der Waals surface area contributed by atoms with Crippen LogP contribution >= 0.6 is 0 Å². The number of carbonyl (C=O) groups excluding carboxylic acids is 2. The van der Waals surface area contributed by atoms with Gasteiger partial charge in [-0.25, -0.2) is 4.98 Å². The highest BCUT2D eigenvalue weighted by atomic mass is 16.2. The third-order valence-corrected chi connectivity index (χ3v) is 4.65. The minimum Gasteiger partial charge on any atom is -0.357 e. The van der Waals surface area contributed by atoms with E-state index in [4.69, 9.17) is 5.26 Å². The molecule has 1 aliphatic rings. The zero-order valence-corrected chi connectivity index (χ0v) is 15.0. The number of hydrogen-bond donors (Lipinski definition) is 1. The van der Waals surface area contributed by atoms with Gasteiger partial charge in [-0.2, -0.15) is 5.26 Å². The van der Waals surface area contributed by atoms with E-state index in [2.05, 4.69) is 21.3 Å². The van der Waals surface area contributed by atoms with Gasteiger partial charge in [-0.05, 0) is 38.8 Å². The number of piperidine rings is 1. The normalized spacial score (nSPS) is 16.0. The quantitative estimate of drug-likeness (QED) is 0.866. The number of amides is 2. The van der Waals surface area contributed by atoms with E-state index in [9.17, 15) is 9.59 Å². The van der Waals surface area contributed by atoms with Crippen LogP contribution in [0.25, 0.3) is 0 Å². The summed E-state index contributed by atoms with van der Waals surface area (Å²) in [6, 6.07) is 5.13. The molecule has 0 bridgehead atoms. The van der Waals surface area contributed by atoms with Gasteiger partial charge in [0.05, 0.1) is 5.56 Å². The van der Waals surface area contributed by atoms with Crippen LogP contribution in [0.2, 0.25) is 0 Å². The highest BCUT2D eigenvalue weighted by Crippen LogP contribution is 2.22. The molecule has 0 radical (unpaired) electrons. The maximum Gasteiger partial charge on any atom is 0.244 e. The summed E-state index contributed by atoms with van der Waals surface area (Å²) in [6.07, 6.45) is 3.00. The SMILES string of the molecule is CCN(C)C(=O)C(C)NC(=O)C1CCN(c2ccc(C#N)cn2)CC1. The Morgan fingerprint density at radius 2 is 2.12 bits per heavy atom. The van der Waals surface area contributed by atoms with Crippen LogP contribution in [0.3, 0.4) is 0 Å². The van der Waals surface area contributed by atoms with Crippen molar-refractivity contribution >= 4 is 17.6 Å². The second kappa shape index (κ2) is 8.47. The van der Waals surface area contributed by atoms with Crippen LogP contribution < -0.4 is 10.2 Å². The fourth-order valence-electron chi connectivity index (χ4n) is 2.89. The molecule has 1 aromatic rings. The molecule has 1 saturated heterocycles. The number of nitrogens with zero attached hydrogens (tertiary/aromatic N) is 4. The lowest BCUT2D eigenvalue weighted by molar-refractivity contribution is -0.136. The lowest BCUT2D eigenvalue weighted by atomic mass is 9.95. The number of anilines is 1.